The van der Waals surface area contributed by atoms with Crippen molar-refractivity contribution in [2.45, 2.75) is 6.92 Å². The molecule has 0 fully saturated rings. The highest BCUT2D eigenvalue weighted by atomic mass is 79.9. The number of pyridine rings is 1. The van der Waals surface area contributed by atoms with E-state index in [1.54, 1.807) is 19.2 Å². The summed E-state index contributed by atoms with van der Waals surface area (Å²) in [6.45, 7) is 1.92. The van der Waals surface area contributed by atoms with Crippen molar-refractivity contribution in [3.8, 4) is 17.0 Å². The van der Waals surface area contributed by atoms with E-state index in [4.69, 9.17) is 4.74 Å². The smallest absolute Gasteiger partial charge is 0.336 e. The molecule has 4 nitrogen and oxygen atoms in total. The lowest BCUT2D eigenvalue weighted by Crippen LogP contribution is -2.01. The van der Waals surface area contributed by atoms with E-state index >= 15 is 0 Å². The lowest BCUT2D eigenvalue weighted by Gasteiger charge is -2.10. The average molecular weight is 372 g/mol. The van der Waals surface area contributed by atoms with E-state index in [2.05, 4.69) is 20.9 Å². The summed E-state index contributed by atoms with van der Waals surface area (Å²) >= 11 is 3.41. The Morgan fingerprint density at radius 1 is 1.22 bits per heavy atom. The third-order valence-electron chi connectivity index (χ3n) is 3.66. The van der Waals surface area contributed by atoms with E-state index in [0.29, 0.717) is 22.3 Å². The summed E-state index contributed by atoms with van der Waals surface area (Å²) in [5, 5.41) is 10.2. The molecule has 1 aromatic heterocycles. The number of ether oxygens (including phenoxy) is 1. The number of aromatic nitrogens is 1. The van der Waals surface area contributed by atoms with Gasteiger partial charge < -0.3 is 9.84 Å². The second-order valence-corrected chi connectivity index (χ2v) is 6.13. The van der Waals surface area contributed by atoms with Gasteiger partial charge in [-0.05, 0) is 42.8 Å². The van der Waals surface area contributed by atoms with Crippen LogP contribution in [0.25, 0.3) is 22.2 Å². The molecule has 0 bridgehead atoms. The first-order chi connectivity index (χ1) is 11.0. The molecule has 0 radical (unpaired) electrons. The van der Waals surface area contributed by atoms with Crippen LogP contribution in [0.4, 0.5) is 0 Å². The van der Waals surface area contributed by atoms with Crippen LogP contribution in [0.15, 0.2) is 46.9 Å². The molecule has 0 saturated heterocycles. The first-order valence-corrected chi connectivity index (χ1v) is 7.77. The van der Waals surface area contributed by atoms with Gasteiger partial charge in [-0.3, -0.25) is 0 Å². The standard InChI is InChI=1S/C18H14BrNO3/c1-10-6-12(19)8-14-15(18(21)22)9-16(20-17(10)14)11-4-3-5-13(7-11)23-2/h3-9H,1-2H3,(H,21,22). The number of nitrogens with zero attached hydrogens (tertiary/aromatic N) is 1. The van der Waals surface area contributed by atoms with Crippen molar-refractivity contribution in [3.05, 3.63) is 58.1 Å². The number of fused-ring (bicyclic) bond motifs is 1. The molecular weight excluding hydrogens is 358 g/mol. The minimum Gasteiger partial charge on any atom is -0.497 e. The topological polar surface area (TPSA) is 59.4 Å². The molecule has 0 aliphatic carbocycles. The van der Waals surface area contributed by atoms with Gasteiger partial charge in [0.2, 0.25) is 0 Å². The van der Waals surface area contributed by atoms with E-state index in [-0.39, 0.29) is 5.56 Å². The number of methoxy groups -OCH3 is 1. The summed E-state index contributed by atoms with van der Waals surface area (Å²) in [6, 6.07) is 12.7. The Morgan fingerprint density at radius 3 is 2.70 bits per heavy atom. The molecule has 3 aromatic rings. The minimum absolute atomic E-state index is 0.234. The number of benzene rings is 2. The van der Waals surface area contributed by atoms with Gasteiger partial charge in [0.1, 0.15) is 5.75 Å². The minimum atomic E-state index is -0.973. The van der Waals surface area contributed by atoms with Crippen LogP contribution >= 0.6 is 15.9 Å². The Kier molecular flexibility index (Phi) is 4.05. The molecule has 0 unspecified atom stereocenters. The lowest BCUT2D eigenvalue weighted by atomic mass is 10.0. The zero-order chi connectivity index (χ0) is 16.6. The van der Waals surface area contributed by atoms with E-state index in [0.717, 1.165) is 15.6 Å². The first-order valence-electron chi connectivity index (χ1n) is 6.98. The van der Waals surface area contributed by atoms with Gasteiger partial charge in [0.05, 0.1) is 23.9 Å². The molecule has 0 aliphatic heterocycles. The van der Waals surface area contributed by atoms with Crippen LogP contribution in [0, 0.1) is 6.92 Å². The second kappa shape index (κ2) is 6.01. The predicted octanol–water partition coefficient (Wildman–Crippen LogP) is 4.68. The number of carbonyl (C=O) groups is 1. The highest BCUT2D eigenvalue weighted by molar-refractivity contribution is 9.10. The quantitative estimate of drug-likeness (QED) is 0.725. The van der Waals surface area contributed by atoms with Gasteiger partial charge in [-0.15, -0.1) is 0 Å². The third-order valence-corrected chi connectivity index (χ3v) is 4.12. The average Bonchev–Trinajstić information content (AvgIpc) is 2.54. The van der Waals surface area contributed by atoms with Crippen LogP contribution in [0.1, 0.15) is 15.9 Å². The van der Waals surface area contributed by atoms with Crippen molar-refractivity contribution in [3.63, 3.8) is 0 Å². The van der Waals surface area contributed by atoms with Crippen LogP contribution in [-0.2, 0) is 0 Å². The Bertz CT molecular complexity index is 922. The molecule has 0 aliphatic rings. The maximum absolute atomic E-state index is 11.7. The van der Waals surface area contributed by atoms with Crippen molar-refractivity contribution in [1.29, 1.82) is 0 Å². The molecular formula is C18H14BrNO3. The number of halogens is 1. The molecule has 0 spiro atoms. The molecule has 1 N–H and O–H groups in total. The first kappa shape index (κ1) is 15.5. The van der Waals surface area contributed by atoms with Gasteiger partial charge in [0.15, 0.2) is 0 Å². The van der Waals surface area contributed by atoms with Crippen LogP contribution in [0.3, 0.4) is 0 Å². The zero-order valence-electron chi connectivity index (χ0n) is 12.6. The van der Waals surface area contributed by atoms with Crippen molar-refractivity contribution in [2.24, 2.45) is 0 Å². The van der Waals surface area contributed by atoms with Gasteiger partial charge in [-0.2, -0.15) is 0 Å². The number of aryl methyl sites for hydroxylation is 1. The zero-order valence-corrected chi connectivity index (χ0v) is 14.2. The fourth-order valence-electron chi connectivity index (χ4n) is 2.56. The second-order valence-electron chi connectivity index (χ2n) is 5.21. The summed E-state index contributed by atoms with van der Waals surface area (Å²) in [6.07, 6.45) is 0. The number of hydrogen-bond donors (Lipinski definition) is 1. The Morgan fingerprint density at radius 2 is 2.00 bits per heavy atom. The summed E-state index contributed by atoms with van der Waals surface area (Å²) in [5.41, 5.74) is 3.26. The molecule has 23 heavy (non-hydrogen) atoms. The summed E-state index contributed by atoms with van der Waals surface area (Å²) in [4.78, 5) is 16.3. The van der Waals surface area contributed by atoms with Gasteiger partial charge in [0, 0.05) is 15.4 Å². The fourth-order valence-corrected chi connectivity index (χ4v) is 3.14. The largest absolute Gasteiger partial charge is 0.497 e. The van der Waals surface area contributed by atoms with Gasteiger partial charge >= 0.3 is 5.97 Å². The molecule has 116 valence electrons. The van der Waals surface area contributed by atoms with E-state index in [9.17, 15) is 9.90 Å². The van der Waals surface area contributed by atoms with Gasteiger partial charge in [-0.25, -0.2) is 9.78 Å². The SMILES string of the molecule is COc1cccc(-c2cc(C(=O)O)c3cc(Br)cc(C)c3n2)c1. The van der Waals surface area contributed by atoms with E-state index in [1.165, 1.54) is 0 Å². The summed E-state index contributed by atoms with van der Waals surface area (Å²) < 4.78 is 6.06. The third kappa shape index (κ3) is 2.92. The highest BCUT2D eigenvalue weighted by Crippen LogP contribution is 2.30. The van der Waals surface area contributed by atoms with Gasteiger partial charge in [-0.1, -0.05) is 28.1 Å². The molecule has 1 heterocycles. The Balaban J connectivity index is 2.32. The molecule has 0 atom stereocenters. The van der Waals surface area contributed by atoms with Crippen molar-refractivity contribution in [1.82, 2.24) is 4.98 Å². The monoisotopic (exact) mass is 371 g/mol. The number of hydrogen-bond acceptors (Lipinski definition) is 3. The molecule has 0 amide bonds. The lowest BCUT2D eigenvalue weighted by molar-refractivity contribution is 0.0699. The number of carboxylic acids is 1. The number of aromatic carboxylic acids is 1. The van der Waals surface area contributed by atoms with Crippen LogP contribution in [0.2, 0.25) is 0 Å². The Hall–Kier alpha value is -2.40. The predicted molar refractivity (Wildman–Crippen MR) is 93.1 cm³/mol. The fraction of sp³-hybridized carbons (Fsp3) is 0.111. The van der Waals surface area contributed by atoms with Crippen molar-refractivity contribution >= 4 is 32.8 Å². The van der Waals surface area contributed by atoms with Crippen LogP contribution in [0.5, 0.6) is 5.75 Å². The van der Waals surface area contributed by atoms with Gasteiger partial charge in [0.25, 0.3) is 0 Å². The highest BCUT2D eigenvalue weighted by Gasteiger charge is 2.15. The maximum Gasteiger partial charge on any atom is 0.336 e. The summed E-state index contributed by atoms with van der Waals surface area (Å²) in [5.74, 6) is -0.271. The molecule has 5 heteroatoms. The van der Waals surface area contributed by atoms with Crippen molar-refractivity contribution in [2.75, 3.05) is 7.11 Å². The maximum atomic E-state index is 11.7. The molecule has 2 aromatic carbocycles. The van der Waals surface area contributed by atoms with E-state index in [1.807, 2.05) is 37.3 Å². The number of rotatable bonds is 3. The molecule has 3 rings (SSSR count). The van der Waals surface area contributed by atoms with Crippen molar-refractivity contribution < 1.29 is 14.6 Å². The summed E-state index contributed by atoms with van der Waals surface area (Å²) in [7, 11) is 1.59. The molecule has 0 saturated carbocycles. The normalized spacial score (nSPS) is 10.7. The Labute approximate surface area is 141 Å². The van der Waals surface area contributed by atoms with Crippen LogP contribution in [-0.4, -0.2) is 23.2 Å². The van der Waals surface area contributed by atoms with E-state index < -0.39 is 5.97 Å². The number of carboxylic acid groups (broad SMARTS) is 1. The van der Waals surface area contributed by atoms with Crippen LogP contribution < -0.4 is 4.74 Å².